The number of hydrogen-bond donors (Lipinski definition) is 2. The molecule has 0 heterocycles. The lowest BCUT2D eigenvalue weighted by atomic mass is 10.1. The highest BCUT2D eigenvalue weighted by molar-refractivity contribution is 5.85. The molecule has 2 N–H and O–H groups in total. The van der Waals surface area contributed by atoms with Gasteiger partial charge in [0, 0.05) is 5.69 Å². The van der Waals surface area contributed by atoms with Crippen LogP contribution in [-0.4, -0.2) is 11.2 Å². The molecular weight excluding hydrogens is 166 g/mol. The number of aryl methyl sites for hydroxylation is 3. The predicted molar refractivity (Wildman–Crippen MR) is 52.3 cm³/mol. The molecule has 0 radical (unpaired) electrons. The van der Waals surface area contributed by atoms with E-state index in [1.165, 1.54) is 0 Å². The molecule has 0 aromatic heterocycles. The van der Waals surface area contributed by atoms with Gasteiger partial charge in [-0.2, -0.15) is 0 Å². The van der Waals surface area contributed by atoms with E-state index in [2.05, 4.69) is 5.32 Å². The predicted octanol–water partition coefficient (Wildman–Crippen LogP) is 2.70. The average Bonchev–Trinajstić information content (AvgIpc) is 1.96. The number of amides is 1. The van der Waals surface area contributed by atoms with Crippen molar-refractivity contribution in [2.24, 2.45) is 0 Å². The fourth-order valence-corrected chi connectivity index (χ4v) is 1.48. The zero-order valence-corrected chi connectivity index (χ0v) is 8.01. The highest BCUT2D eigenvalue weighted by Gasteiger charge is 2.05. The van der Waals surface area contributed by atoms with Crippen LogP contribution in [0.4, 0.5) is 10.5 Å². The minimum absolute atomic E-state index is 0.693. The molecule has 0 spiro atoms. The zero-order valence-electron chi connectivity index (χ0n) is 8.01. The summed E-state index contributed by atoms with van der Waals surface area (Å²) in [6, 6.07) is 3.91. The lowest BCUT2D eigenvalue weighted by molar-refractivity contribution is 0.209. The second-order valence-corrected chi connectivity index (χ2v) is 3.20. The summed E-state index contributed by atoms with van der Waals surface area (Å²) in [4.78, 5) is 10.4. The Morgan fingerprint density at radius 3 is 2.08 bits per heavy atom. The second kappa shape index (κ2) is 3.47. The topological polar surface area (TPSA) is 49.3 Å². The Morgan fingerprint density at radius 1 is 1.23 bits per heavy atom. The fourth-order valence-electron chi connectivity index (χ4n) is 1.48. The van der Waals surface area contributed by atoms with Crippen LogP contribution in [0.1, 0.15) is 16.7 Å². The number of carbonyl (C=O) groups is 1. The van der Waals surface area contributed by atoms with Crippen LogP contribution in [0.3, 0.4) is 0 Å². The highest BCUT2D eigenvalue weighted by atomic mass is 16.4. The minimum atomic E-state index is -1.02. The highest BCUT2D eigenvalue weighted by Crippen LogP contribution is 2.21. The van der Waals surface area contributed by atoms with E-state index in [1.54, 1.807) is 0 Å². The molecular formula is C10H13NO2. The summed E-state index contributed by atoms with van der Waals surface area (Å²) in [7, 11) is 0. The van der Waals surface area contributed by atoms with Crippen molar-refractivity contribution in [1.82, 2.24) is 0 Å². The maximum absolute atomic E-state index is 10.4. The molecule has 0 saturated carbocycles. The van der Waals surface area contributed by atoms with Crippen LogP contribution < -0.4 is 5.32 Å². The molecule has 13 heavy (non-hydrogen) atoms. The molecule has 0 fully saturated rings. The number of nitrogens with one attached hydrogen (secondary N) is 1. The quantitative estimate of drug-likeness (QED) is 0.696. The van der Waals surface area contributed by atoms with Crippen molar-refractivity contribution in [2.45, 2.75) is 20.8 Å². The van der Waals surface area contributed by atoms with Gasteiger partial charge in [-0.05, 0) is 31.9 Å². The van der Waals surface area contributed by atoms with Crippen LogP contribution in [0, 0.1) is 20.8 Å². The van der Waals surface area contributed by atoms with Gasteiger partial charge in [0.1, 0.15) is 0 Å². The van der Waals surface area contributed by atoms with E-state index >= 15 is 0 Å². The molecule has 0 unspecified atom stereocenters. The van der Waals surface area contributed by atoms with E-state index in [4.69, 9.17) is 5.11 Å². The molecule has 0 aliphatic heterocycles. The minimum Gasteiger partial charge on any atom is -0.465 e. The van der Waals surface area contributed by atoms with Gasteiger partial charge < -0.3 is 5.11 Å². The molecule has 1 rings (SSSR count). The molecule has 0 aliphatic carbocycles. The van der Waals surface area contributed by atoms with Crippen molar-refractivity contribution < 1.29 is 9.90 Å². The third kappa shape index (κ3) is 2.21. The van der Waals surface area contributed by atoms with E-state index in [1.807, 2.05) is 32.9 Å². The number of anilines is 1. The fraction of sp³-hybridized carbons (Fsp3) is 0.300. The van der Waals surface area contributed by atoms with Crippen LogP contribution in [0.2, 0.25) is 0 Å². The van der Waals surface area contributed by atoms with Crippen LogP contribution in [0.25, 0.3) is 0 Å². The molecule has 70 valence electrons. The van der Waals surface area contributed by atoms with Crippen molar-refractivity contribution >= 4 is 11.8 Å². The van der Waals surface area contributed by atoms with Gasteiger partial charge in [-0.3, -0.25) is 5.32 Å². The van der Waals surface area contributed by atoms with Crippen molar-refractivity contribution in [1.29, 1.82) is 0 Å². The molecule has 1 aromatic carbocycles. The van der Waals surface area contributed by atoms with Gasteiger partial charge in [0.25, 0.3) is 0 Å². The first kappa shape index (κ1) is 9.58. The van der Waals surface area contributed by atoms with E-state index < -0.39 is 6.09 Å². The van der Waals surface area contributed by atoms with Gasteiger partial charge in [-0.1, -0.05) is 17.7 Å². The summed E-state index contributed by atoms with van der Waals surface area (Å²) in [6.45, 7) is 5.78. The molecule has 0 atom stereocenters. The van der Waals surface area contributed by atoms with E-state index in [0.717, 1.165) is 16.7 Å². The van der Waals surface area contributed by atoms with Crippen LogP contribution in [0.15, 0.2) is 12.1 Å². The van der Waals surface area contributed by atoms with Crippen LogP contribution in [0.5, 0.6) is 0 Å². The second-order valence-electron chi connectivity index (χ2n) is 3.20. The van der Waals surface area contributed by atoms with Crippen molar-refractivity contribution in [3.63, 3.8) is 0 Å². The lowest BCUT2D eigenvalue weighted by Crippen LogP contribution is -2.09. The average molecular weight is 179 g/mol. The Labute approximate surface area is 77.4 Å². The first-order chi connectivity index (χ1) is 6.00. The smallest absolute Gasteiger partial charge is 0.409 e. The maximum Gasteiger partial charge on any atom is 0.409 e. The van der Waals surface area contributed by atoms with E-state index in [9.17, 15) is 4.79 Å². The normalized spacial score (nSPS) is 9.77. The summed E-state index contributed by atoms with van der Waals surface area (Å²) in [5.74, 6) is 0. The van der Waals surface area contributed by atoms with Crippen molar-refractivity contribution in [3.05, 3.63) is 28.8 Å². The van der Waals surface area contributed by atoms with E-state index in [0.29, 0.717) is 5.69 Å². The first-order valence-electron chi connectivity index (χ1n) is 4.08. The number of benzene rings is 1. The molecule has 1 amide bonds. The zero-order chi connectivity index (χ0) is 10.0. The third-order valence-corrected chi connectivity index (χ3v) is 1.91. The Balaban J connectivity index is 3.13. The Hall–Kier alpha value is -1.51. The Bertz CT molecular complexity index is 322. The maximum atomic E-state index is 10.4. The van der Waals surface area contributed by atoms with E-state index in [-0.39, 0.29) is 0 Å². The van der Waals surface area contributed by atoms with Gasteiger partial charge in [0.15, 0.2) is 0 Å². The Kier molecular flexibility index (Phi) is 2.56. The largest absolute Gasteiger partial charge is 0.465 e. The van der Waals surface area contributed by atoms with Crippen molar-refractivity contribution in [3.8, 4) is 0 Å². The van der Waals surface area contributed by atoms with Crippen LogP contribution >= 0.6 is 0 Å². The molecule has 1 aromatic rings. The van der Waals surface area contributed by atoms with Gasteiger partial charge >= 0.3 is 6.09 Å². The summed E-state index contributed by atoms with van der Waals surface area (Å²) in [5, 5.41) is 11.0. The molecule has 0 saturated heterocycles. The first-order valence-corrected chi connectivity index (χ1v) is 4.08. The van der Waals surface area contributed by atoms with Gasteiger partial charge in [-0.25, -0.2) is 4.79 Å². The number of carboxylic acid groups (broad SMARTS) is 1. The third-order valence-electron chi connectivity index (χ3n) is 1.91. The Morgan fingerprint density at radius 2 is 1.69 bits per heavy atom. The monoisotopic (exact) mass is 179 g/mol. The number of hydrogen-bond acceptors (Lipinski definition) is 1. The van der Waals surface area contributed by atoms with Gasteiger partial charge in [0.2, 0.25) is 0 Å². The summed E-state index contributed by atoms with van der Waals surface area (Å²) in [5.41, 5.74) is 3.75. The molecule has 3 nitrogen and oxygen atoms in total. The van der Waals surface area contributed by atoms with Gasteiger partial charge in [0.05, 0.1) is 0 Å². The molecule has 3 heteroatoms. The SMILES string of the molecule is Cc1cc(C)c(NC(=O)O)c(C)c1. The van der Waals surface area contributed by atoms with Crippen molar-refractivity contribution in [2.75, 3.05) is 5.32 Å². The molecule has 0 bridgehead atoms. The number of rotatable bonds is 1. The lowest BCUT2D eigenvalue weighted by Gasteiger charge is -2.09. The summed E-state index contributed by atoms with van der Waals surface area (Å²) >= 11 is 0. The van der Waals surface area contributed by atoms with Crippen LogP contribution in [-0.2, 0) is 0 Å². The summed E-state index contributed by atoms with van der Waals surface area (Å²) < 4.78 is 0. The van der Waals surface area contributed by atoms with Gasteiger partial charge in [-0.15, -0.1) is 0 Å². The molecule has 0 aliphatic rings. The summed E-state index contributed by atoms with van der Waals surface area (Å²) in [6.07, 6.45) is -1.02. The standard InChI is InChI=1S/C10H13NO2/c1-6-4-7(2)9(8(3)5-6)11-10(12)13/h4-5,11H,1-3H3,(H,12,13).